The first-order valence-corrected chi connectivity index (χ1v) is 8.25. The van der Waals surface area contributed by atoms with Crippen LogP contribution in [0.2, 0.25) is 0 Å². The number of benzene rings is 2. The summed E-state index contributed by atoms with van der Waals surface area (Å²) in [6.45, 7) is 0.407. The van der Waals surface area contributed by atoms with Gasteiger partial charge in [-0.1, -0.05) is 40.2 Å². The molecule has 0 unspecified atom stereocenters. The molecule has 0 atom stereocenters. The normalized spacial score (nSPS) is 13.3. The van der Waals surface area contributed by atoms with Crippen LogP contribution in [0.3, 0.4) is 0 Å². The summed E-state index contributed by atoms with van der Waals surface area (Å²) in [6, 6.07) is 14.8. The highest BCUT2D eigenvalue weighted by molar-refractivity contribution is 9.10. The second-order valence-electron chi connectivity index (χ2n) is 5.36. The molecule has 118 valence electrons. The molecule has 2 aromatic carbocycles. The molecular formula is C18H16BrNO3. The summed E-state index contributed by atoms with van der Waals surface area (Å²) in [5.74, 6) is -0.689. The van der Waals surface area contributed by atoms with Crippen molar-refractivity contribution in [3.8, 4) is 0 Å². The molecule has 0 saturated carbocycles. The predicted octanol–water partition coefficient (Wildman–Crippen LogP) is 3.59. The highest BCUT2D eigenvalue weighted by Crippen LogP contribution is 2.26. The van der Waals surface area contributed by atoms with E-state index in [1.807, 2.05) is 30.3 Å². The number of aryl methyl sites for hydroxylation is 1. The van der Waals surface area contributed by atoms with Crippen LogP contribution < -0.4 is 4.90 Å². The van der Waals surface area contributed by atoms with Gasteiger partial charge in [0.15, 0.2) is 6.61 Å². The predicted molar refractivity (Wildman–Crippen MR) is 91.5 cm³/mol. The van der Waals surface area contributed by atoms with Crippen LogP contribution >= 0.6 is 15.9 Å². The molecule has 0 fully saturated rings. The maximum Gasteiger partial charge on any atom is 0.338 e. The zero-order valence-corrected chi connectivity index (χ0v) is 14.1. The minimum Gasteiger partial charge on any atom is -0.452 e. The number of carbonyl (C=O) groups excluding carboxylic acids is 2. The maximum absolute atomic E-state index is 12.4. The van der Waals surface area contributed by atoms with Crippen LogP contribution in [0.1, 0.15) is 22.3 Å². The Bertz CT molecular complexity index is 745. The van der Waals surface area contributed by atoms with Crippen LogP contribution in [0.15, 0.2) is 53.0 Å². The van der Waals surface area contributed by atoms with Gasteiger partial charge in [0, 0.05) is 16.7 Å². The zero-order chi connectivity index (χ0) is 16.2. The molecule has 0 aliphatic carbocycles. The Morgan fingerprint density at radius 2 is 1.96 bits per heavy atom. The van der Waals surface area contributed by atoms with Gasteiger partial charge in [-0.2, -0.15) is 0 Å². The summed E-state index contributed by atoms with van der Waals surface area (Å²) in [7, 11) is 0. The van der Waals surface area contributed by atoms with Gasteiger partial charge in [-0.3, -0.25) is 4.79 Å². The number of carbonyl (C=O) groups is 2. The van der Waals surface area contributed by atoms with Crippen molar-refractivity contribution in [1.29, 1.82) is 0 Å². The second kappa shape index (κ2) is 6.96. The Labute approximate surface area is 143 Å². The Hall–Kier alpha value is -2.14. The molecule has 3 rings (SSSR count). The zero-order valence-electron chi connectivity index (χ0n) is 12.5. The third kappa shape index (κ3) is 3.62. The Kier molecular flexibility index (Phi) is 4.76. The number of ether oxygens (including phenoxy) is 1. The summed E-state index contributed by atoms with van der Waals surface area (Å²) in [5.41, 5.74) is 2.50. The van der Waals surface area contributed by atoms with Crippen molar-refractivity contribution in [2.45, 2.75) is 12.8 Å². The van der Waals surface area contributed by atoms with E-state index in [0.717, 1.165) is 28.6 Å². The van der Waals surface area contributed by atoms with Crippen LogP contribution in [-0.2, 0) is 16.0 Å². The van der Waals surface area contributed by atoms with E-state index < -0.39 is 5.97 Å². The highest BCUT2D eigenvalue weighted by Gasteiger charge is 2.23. The van der Waals surface area contributed by atoms with Gasteiger partial charge in [-0.25, -0.2) is 4.79 Å². The maximum atomic E-state index is 12.4. The van der Waals surface area contributed by atoms with E-state index >= 15 is 0 Å². The molecule has 0 aromatic heterocycles. The highest BCUT2D eigenvalue weighted by atomic mass is 79.9. The Balaban J connectivity index is 1.65. The molecule has 1 amide bonds. The number of para-hydroxylation sites is 1. The van der Waals surface area contributed by atoms with Crippen molar-refractivity contribution in [1.82, 2.24) is 0 Å². The average Bonchev–Trinajstić information content (AvgIpc) is 2.59. The SMILES string of the molecule is O=C(OCC(=O)N1CCCc2ccccc21)c1cccc(Br)c1. The van der Waals surface area contributed by atoms with Gasteiger partial charge < -0.3 is 9.64 Å². The van der Waals surface area contributed by atoms with E-state index in [2.05, 4.69) is 15.9 Å². The third-order valence-electron chi connectivity index (χ3n) is 3.80. The Morgan fingerprint density at radius 3 is 2.78 bits per heavy atom. The lowest BCUT2D eigenvalue weighted by atomic mass is 10.0. The number of hydrogen-bond acceptors (Lipinski definition) is 3. The summed E-state index contributed by atoms with van der Waals surface area (Å²) in [5, 5.41) is 0. The van der Waals surface area contributed by atoms with Gasteiger partial charge in [0.05, 0.1) is 5.56 Å². The minimum atomic E-state index is -0.495. The molecule has 1 aliphatic rings. The van der Waals surface area contributed by atoms with E-state index in [4.69, 9.17) is 4.74 Å². The lowest BCUT2D eigenvalue weighted by Gasteiger charge is -2.29. The van der Waals surface area contributed by atoms with Gasteiger partial charge in [-0.05, 0) is 42.7 Å². The number of hydrogen-bond donors (Lipinski definition) is 0. The molecule has 4 nitrogen and oxygen atoms in total. The average molecular weight is 374 g/mol. The Morgan fingerprint density at radius 1 is 1.13 bits per heavy atom. The number of esters is 1. The van der Waals surface area contributed by atoms with Gasteiger partial charge in [-0.15, -0.1) is 0 Å². The van der Waals surface area contributed by atoms with E-state index in [1.54, 1.807) is 23.1 Å². The molecule has 1 heterocycles. The molecule has 0 radical (unpaired) electrons. The molecule has 0 saturated heterocycles. The molecule has 0 bridgehead atoms. The van der Waals surface area contributed by atoms with E-state index in [1.165, 1.54) is 0 Å². The van der Waals surface area contributed by atoms with Crippen LogP contribution in [0.4, 0.5) is 5.69 Å². The van der Waals surface area contributed by atoms with E-state index in [9.17, 15) is 9.59 Å². The molecule has 0 N–H and O–H groups in total. The molecule has 1 aliphatic heterocycles. The van der Waals surface area contributed by atoms with Crippen molar-refractivity contribution in [3.05, 3.63) is 64.1 Å². The van der Waals surface area contributed by atoms with Crippen molar-refractivity contribution >= 4 is 33.5 Å². The van der Waals surface area contributed by atoms with Gasteiger partial charge in [0.1, 0.15) is 0 Å². The smallest absolute Gasteiger partial charge is 0.338 e. The largest absolute Gasteiger partial charge is 0.452 e. The summed E-state index contributed by atoms with van der Waals surface area (Å²) < 4.78 is 5.96. The lowest BCUT2D eigenvalue weighted by Crippen LogP contribution is -2.38. The van der Waals surface area contributed by atoms with Gasteiger partial charge in [0.2, 0.25) is 0 Å². The number of anilines is 1. The molecule has 5 heteroatoms. The monoisotopic (exact) mass is 373 g/mol. The fourth-order valence-corrected chi connectivity index (χ4v) is 3.10. The standard InChI is InChI=1S/C18H16BrNO3/c19-15-8-3-6-14(11-15)18(22)23-12-17(21)20-10-4-7-13-5-1-2-9-16(13)20/h1-3,5-6,8-9,11H,4,7,10,12H2. The number of fused-ring (bicyclic) bond motifs is 1. The molecule has 2 aromatic rings. The van der Waals surface area contributed by atoms with E-state index in [-0.39, 0.29) is 12.5 Å². The molecular weight excluding hydrogens is 358 g/mol. The second-order valence-corrected chi connectivity index (χ2v) is 6.28. The summed E-state index contributed by atoms with van der Waals surface area (Å²) in [4.78, 5) is 26.1. The van der Waals surface area contributed by atoms with Crippen LogP contribution in [0, 0.1) is 0 Å². The van der Waals surface area contributed by atoms with E-state index in [0.29, 0.717) is 12.1 Å². The number of halogens is 1. The van der Waals surface area contributed by atoms with Crippen LogP contribution in [-0.4, -0.2) is 25.0 Å². The van der Waals surface area contributed by atoms with Crippen molar-refractivity contribution in [3.63, 3.8) is 0 Å². The number of nitrogens with zero attached hydrogens (tertiary/aromatic N) is 1. The topological polar surface area (TPSA) is 46.6 Å². The first-order chi connectivity index (χ1) is 11.1. The number of amides is 1. The van der Waals surface area contributed by atoms with Crippen LogP contribution in [0.5, 0.6) is 0 Å². The quantitative estimate of drug-likeness (QED) is 0.772. The van der Waals surface area contributed by atoms with Crippen LogP contribution in [0.25, 0.3) is 0 Å². The van der Waals surface area contributed by atoms with Crippen molar-refractivity contribution in [2.24, 2.45) is 0 Å². The van der Waals surface area contributed by atoms with Gasteiger partial charge >= 0.3 is 5.97 Å². The third-order valence-corrected chi connectivity index (χ3v) is 4.29. The fourth-order valence-electron chi connectivity index (χ4n) is 2.70. The van der Waals surface area contributed by atoms with Crippen molar-refractivity contribution < 1.29 is 14.3 Å². The first kappa shape index (κ1) is 15.7. The fraction of sp³-hybridized carbons (Fsp3) is 0.222. The lowest BCUT2D eigenvalue weighted by molar-refractivity contribution is -0.121. The molecule has 23 heavy (non-hydrogen) atoms. The van der Waals surface area contributed by atoms with Crippen molar-refractivity contribution in [2.75, 3.05) is 18.1 Å². The number of rotatable bonds is 3. The minimum absolute atomic E-state index is 0.194. The van der Waals surface area contributed by atoms with Gasteiger partial charge in [0.25, 0.3) is 5.91 Å². The first-order valence-electron chi connectivity index (χ1n) is 7.46. The summed E-state index contributed by atoms with van der Waals surface area (Å²) >= 11 is 3.31. The summed E-state index contributed by atoms with van der Waals surface area (Å²) in [6.07, 6.45) is 1.89. The molecule has 0 spiro atoms.